The zero-order valence-electron chi connectivity index (χ0n) is 12.1. The molecule has 4 heteroatoms. The molecule has 0 bridgehead atoms. The summed E-state index contributed by atoms with van der Waals surface area (Å²) in [4.78, 5) is 6.98. The minimum absolute atomic E-state index is 0.569. The van der Waals surface area contributed by atoms with Crippen molar-refractivity contribution in [1.29, 1.82) is 0 Å². The Labute approximate surface area is 110 Å². The SMILES string of the molecule is CC(C)NCC(C)C(C)N1CCn2ccnc2C1. The van der Waals surface area contributed by atoms with Crippen LogP contribution < -0.4 is 5.32 Å². The second kappa shape index (κ2) is 5.85. The van der Waals surface area contributed by atoms with E-state index < -0.39 is 0 Å². The Morgan fingerprint density at radius 3 is 2.78 bits per heavy atom. The normalized spacial score (nSPS) is 19.8. The van der Waals surface area contributed by atoms with Gasteiger partial charge in [-0.15, -0.1) is 0 Å². The van der Waals surface area contributed by atoms with Crippen molar-refractivity contribution in [2.75, 3.05) is 13.1 Å². The van der Waals surface area contributed by atoms with Gasteiger partial charge in [0.15, 0.2) is 0 Å². The first-order valence-electron chi connectivity index (χ1n) is 7.05. The molecule has 1 aromatic rings. The van der Waals surface area contributed by atoms with Crippen LogP contribution in [0, 0.1) is 5.92 Å². The van der Waals surface area contributed by atoms with Crippen molar-refractivity contribution < 1.29 is 0 Å². The Kier molecular flexibility index (Phi) is 4.40. The van der Waals surface area contributed by atoms with E-state index in [4.69, 9.17) is 0 Å². The molecule has 18 heavy (non-hydrogen) atoms. The minimum Gasteiger partial charge on any atom is -0.333 e. The standard InChI is InChI=1S/C14H26N4/c1-11(2)16-9-12(3)13(4)18-8-7-17-6-5-15-14(17)10-18/h5-6,11-13,16H,7-10H2,1-4H3. The zero-order chi connectivity index (χ0) is 13.1. The summed E-state index contributed by atoms with van der Waals surface area (Å²) < 4.78 is 2.26. The molecule has 0 saturated carbocycles. The van der Waals surface area contributed by atoms with E-state index in [-0.39, 0.29) is 0 Å². The van der Waals surface area contributed by atoms with Crippen molar-refractivity contribution >= 4 is 0 Å². The van der Waals surface area contributed by atoms with E-state index in [0.29, 0.717) is 18.0 Å². The smallest absolute Gasteiger partial charge is 0.122 e. The van der Waals surface area contributed by atoms with Crippen LogP contribution in [0.25, 0.3) is 0 Å². The van der Waals surface area contributed by atoms with E-state index in [1.807, 2.05) is 6.20 Å². The van der Waals surface area contributed by atoms with Crippen LogP contribution >= 0.6 is 0 Å². The lowest BCUT2D eigenvalue weighted by atomic mass is 10.0. The molecule has 0 saturated heterocycles. The number of hydrogen-bond acceptors (Lipinski definition) is 3. The molecule has 0 aromatic carbocycles. The van der Waals surface area contributed by atoms with E-state index in [9.17, 15) is 0 Å². The van der Waals surface area contributed by atoms with Crippen molar-refractivity contribution in [2.24, 2.45) is 5.92 Å². The highest BCUT2D eigenvalue weighted by Gasteiger charge is 2.24. The maximum Gasteiger partial charge on any atom is 0.122 e. The molecule has 1 aliphatic heterocycles. The van der Waals surface area contributed by atoms with Gasteiger partial charge >= 0.3 is 0 Å². The molecule has 1 N–H and O–H groups in total. The van der Waals surface area contributed by atoms with Gasteiger partial charge < -0.3 is 9.88 Å². The quantitative estimate of drug-likeness (QED) is 0.864. The first-order chi connectivity index (χ1) is 8.58. The molecule has 4 nitrogen and oxygen atoms in total. The molecule has 0 aliphatic carbocycles. The van der Waals surface area contributed by atoms with Gasteiger partial charge in [0.25, 0.3) is 0 Å². The number of imidazole rings is 1. The summed E-state index contributed by atoms with van der Waals surface area (Å²) in [5, 5.41) is 3.53. The molecule has 1 aromatic heterocycles. The molecular weight excluding hydrogens is 224 g/mol. The van der Waals surface area contributed by atoms with Crippen LogP contribution in [0.5, 0.6) is 0 Å². The first kappa shape index (κ1) is 13.6. The van der Waals surface area contributed by atoms with E-state index in [1.54, 1.807) is 0 Å². The number of rotatable bonds is 5. The minimum atomic E-state index is 0.569. The highest BCUT2D eigenvalue weighted by molar-refractivity contribution is 4.96. The molecule has 102 valence electrons. The number of fused-ring (bicyclic) bond motifs is 1. The lowest BCUT2D eigenvalue weighted by Crippen LogP contribution is -2.45. The lowest BCUT2D eigenvalue weighted by molar-refractivity contribution is 0.123. The number of nitrogens with one attached hydrogen (secondary N) is 1. The summed E-state index contributed by atoms with van der Waals surface area (Å²) in [5.74, 6) is 1.87. The average Bonchev–Trinajstić information content (AvgIpc) is 2.81. The molecule has 2 atom stereocenters. The van der Waals surface area contributed by atoms with E-state index in [2.05, 4.69) is 53.7 Å². The summed E-state index contributed by atoms with van der Waals surface area (Å²) >= 11 is 0. The summed E-state index contributed by atoms with van der Waals surface area (Å²) in [6, 6.07) is 1.17. The van der Waals surface area contributed by atoms with Gasteiger partial charge in [0.05, 0.1) is 6.54 Å². The molecule has 2 rings (SSSR count). The number of aromatic nitrogens is 2. The Morgan fingerprint density at radius 1 is 1.28 bits per heavy atom. The Bertz CT molecular complexity index is 372. The maximum absolute atomic E-state index is 4.43. The monoisotopic (exact) mass is 250 g/mol. The zero-order valence-corrected chi connectivity index (χ0v) is 12.1. The second-order valence-corrected chi connectivity index (χ2v) is 5.79. The fourth-order valence-corrected chi connectivity index (χ4v) is 2.49. The third kappa shape index (κ3) is 3.12. The van der Waals surface area contributed by atoms with E-state index in [0.717, 1.165) is 26.2 Å². The van der Waals surface area contributed by atoms with Crippen molar-refractivity contribution in [2.45, 2.75) is 52.9 Å². The molecule has 0 radical (unpaired) electrons. The van der Waals surface area contributed by atoms with Gasteiger partial charge in [0.1, 0.15) is 5.82 Å². The van der Waals surface area contributed by atoms with Crippen LogP contribution in [-0.4, -0.2) is 39.6 Å². The van der Waals surface area contributed by atoms with Crippen LogP contribution in [0.2, 0.25) is 0 Å². The summed E-state index contributed by atoms with van der Waals surface area (Å²) in [6.07, 6.45) is 3.99. The van der Waals surface area contributed by atoms with Crippen LogP contribution in [0.3, 0.4) is 0 Å². The van der Waals surface area contributed by atoms with Crippen LogP contribution in [0.15, 0.2) is 12.4 Å². The Morgan fingerprint density at radius 2 is 2.06 bits per heavy atom. The largest absolute Gasteiger partial charge is 0.333 e. The maximum atomic E-state index is 4.43. The van der Waals surface area contributed by atoms with Crippen LogP contribution in [0.1, 0.15) is 33.5 Å². The van der Waals surface area contributed by atoms with Gasteiger partial charge in [0.2, 0.25) is 0 Å². The van der Waals surface area contributed by atoms with Gasteiger partial charge in [-0.2, -0.15) is 0 Å². The number of hydrogen-bond donors (Lipinski definition) is 1. The van der Waals surface area contributed by atoms with Crippen molar-refractivity contribution in [3.63, 3.8) is 0 Å². The molecule has 1 aliphatic rings. The molecule has 0 spiro atoms. The summed E-state index contributed by atoms with van der Waals surface area (Å²) in [6.45, 7) is 13.4. The molecule has 0 amide bonds. The molecule has 2 heterocycles. The molecule has 2 unspecified atom stereocenters. The number of nitrogens with zero attached hydrogens (tertiary/aromatic N) is 3. The predicted molar refractivity (Wildman–Crippen MR) is 74.4 cm³/mol. The highest BCUT2D eigenvalue weighted by atomic mass is 15.3. The topological polar surface area (TPSA) is 33.1 Å². The van der Waals surface area contributed by atoms with Gasteiger partial charge in [-0.3, -0.25) is 4.90 Å². The van der Waals surface area contributed by atoms with Crippen LogP contribution in [-0.2, 0) is 13.1 Å². The van der Waals surface area contributed by atoms with E-state index in [1.165, 1.54) is 5.82 Å². The molecular formula is C14H26N4. The lowest BCUT2D eigenvalue weighted by Gasteiger charge is -2.36. The molecule has 0 fully saturated rings. The fourth-order valence-electron chi connectivity index (χ4n) is 2.49. The third-order valence-corrected chi connectivity index (χ3v) is 4.02. The Balaban J connectivity index is 1.88. The third-order valence-electron chi connectivity index (χ3n) is 4.02. The first-order valence-corrected chi connectivity index (χ1v) is 7.05. The van der Waals surface area contributed by atoms with Crippen molar-refractivity contribution in [1.82, 2.24) is 19.8 Å². The van der Waals surface area contributed by atoms with Crippen molar-refractivity contribution in [3.8, 4) is 0 Å². The summed E-state index contributed by atoms with van der Waals surface area (Å²) in [5.41, 5.74) is 0. The van der Waals surface area contributed by atoms with Crippen molar-refractivity contribution in [3.05, 3.63) is 18.2 Å². The fraction of sp³-hybridized carbons (Fsp3) is 0.786. The summed E-state index contributed by atoms with van der Waals surface area (Å²) in [7, 11) is 0. The van der Waals surface area contributed by atoms with Gasteiger partial charge in [0, 0.05) is 37.6 Å². The van der Waals surface area contributed by atoms with Crippen LogP contribution in [0.4, 0.5) is 0 Å². The van der Waals surface area contributed by atoms with Gasteiger partial charge in [-0.05, 0) is 19.4 Å². The average molecular weight is 250 g/mol. The predicted octanol–water partition coefficient (Wildman–Crippen LogP) is 1.72. The van der Waals surface area contributed by atoms with Gasteiger partial charge in [-0.1, -0.05) is 20.8 Å². The Hall–Kier alpha value is -0.870. The van der Waals surface area contributed by atoms with Gasteiger partial charge in [-0.25, -0.2) is 4.98 Å². The highest BCUT2D eigenvalue weighted by Crippen LogP contribution is 2.17. The second-order valence-electron chi connectivity index (χ2n) is 5.79. The van der Waals surface area contributed by atoms with E-state index >= 15 is 0 Å².